The van der Waals surface area contributed by atoms with Crippen molar-refractivity contribution in [1.29, 1.82) is 0 Å². The fourth-order valence-corrected chi connectivity index (χ4v) is 3.21. The minimum Gasteiger partial charge on any atom is -0.399 e. The predicted molar refractivity (Wildman–Crippen MR) is 112 cm³/mol. The van der Waals surface area contributed by atoms with E-state index in [9.17, 15) is 4.79 Å². The van der Waals surface area contributed by atoms with E-state index in [4.69, 9.17) is 10.5 Å². The first-order valence-corrected chi connectivity index (χ1v) is 9.25. The lowest BCUT2D eigenvalue weighted by Gasteiger charge is -2.28. The molecule has 0 unspecified atom stereocenters. The average Bonchev–Trinajstić information content (AvgIpc) is 2.75. The Balaban J connectivity index is 1.47. The van der Waals surface area contributed by atoms with Gasteiger partial charge in [-0.1, -0.05) is 12.1 Å². The highest BCUT2D eigenvalue weighted by molar-refractivity contribution is 6.04. The van der Waals surface area contributed by atoms with Crippen LogP contribution in [-0.2, 0) is 4.74 Å². The van der Waals surface area contributed by atoms with Crippen LogP contribution in [0.3, 0.4) is 0 Å². The molecule has 6 heteroatoms. The number of benzene rings is 2. The molecule has 0 spiro atoms. The van der Waals surface area contributed by atoms with Crippen molar-refractivity contribution in [3.05, 3.63) is 72.4 Å². The number of nitrogens with one attached hydrogen (secondary N) is 1. The fourth-order valence-electron chi connectivity index (χ4n) is 3.21. The molecule has 6 nitrogen and oxygen atoms in total. The summed E-state index contributed by atoms with van der Waals surface area (Å²) in [6.07, 6.45) is 1.63. The molecule has 0 saturated carbocycles. The van der Waals surface area contributed by atoms with Gasteiger partial charge in [0.2, 0.25) is 0 Å². The van der Waals surface area contributed by atoms with Crippen LogP contribution in [0, 0.1) is 0 Å². The van der Waals surface area contributed by atoms with Gasteiger partial charge in [0.1, 0.15) is 0 Å². The molecular formula is C22H22N4O2. The highest BCUT2D eigenvalue weighted by atomic mass is 16.5. The maximum atomic E-state index is 12.7. The van der Waals surface area contributed by atoms with E-state index in [1.165, 1.54) is 0 Å². The first-order chi connectivity index (χ1) is 13.7. The van der Waals surface area contributed by atoms with Gasteiger partial charge < -0.3 is 20.7 Å². The van der Waals surface area contributed by atoms with E-state index in [2.05, 4.69) is 15.2 Å². The molecule has 0 aliphatic carbocycles. The van der Waals surface area contributed by atoms with Crippen molar-refractivity contribution in [1.82, 2.24) is 4.98 Å². The van der Waals surface area contributed by atoms with E-state index in [1.807, 2.05) is 48.5 Å². The summed E-state index contributed by atoms with van der Waals surface area (Å²) < 4.78 is 5.38. The van der Waals surface area contributed by atoms with Crippen LogP contribution in [0.5, 0.6) is 0 Å². The van der Waals surface area contributed by atoms with Gasteiger partial charge in [-0.15, -0.1) is 0 Å². The number of morpholine rings is 1. The van der Waals surface area contributed by atoms with Gasteiger partial charge in [0, 0.05) is 47.5 Å². The maximum Gasteiger partial charge on any atom is 0.255 e. The molecule has 3 aromatic rings. The number of hydrogen-bond donors (Lipinski definition) is 2. The SMILES string of the molecule is Nc1cccc(-c2cc(C(=O)Nc3ccc(N4CCOCC4)cc3)ccn2)c1. The fraction of sp³-hybridized carbons (Fsp3) is 0.182. The second kappa shape index (κ2) is 8.10. The van der Waals surface area contributed by atoms with Gasteiger partial charge >= 0.3 is 0 Å². The van der Waals surface area contributed by atoms with Crippen LogP contribution in [0.1, 0.15) is 10.4 Å². The highest BCUT2D eigenvalue weighted by Gasteiger charge is 2.12. The van der Waals surface area contributed by atoms with Crippen molar-refractivity contribution in [2.24, 2.45) is 0 Å². The third kappa shape index (κ3) is 4.13. The summed E-state index contributed by atoms with van der Waals surface area (Å²) in [5.74, 6) is -0.174. The van der Waals surface area contributed by atoms with Gasteiger partial charge in [0.25, 0.3) is 5.91 Å². The zero-order chi connectivity index (χ0) is 19.3. The molecule has 3 N–H and O–H groups in total. The monoisotopic (exact) mass is 374 g/mol. The summed E-state index contributed by atoms with van der Waals surface area (Å²) >= 11 is 0. The minimum absolute atomic E-state index is 0.174. The largest absolute Gasteiger partial charge is 0.399 e. The predicted octanol–water partition coefficient (Wildman–Crippen LogP) is 3.42. The number of rotatable bonds is 4. The zero-order valence-corrected chi connectivity index (χ0v) is 15.5. The van der Waals surface area contributed by atoms with Gasteiger partial charge in [0.05, 0.1) is 18.9 Å². The highest BCUT2D eigenvalue weighted by Crippen LogP contribution is 2.22. The number of nitrogens with two attached hydrogens (primary N) is 1. The molecule has 0 bridgehead atoms. The van der Waals surface area contributed by atoms with Crippen molar-refractivity contribution in [3.8, 4) is 11.3 Å². The molecule has 28 heavy (non-hydrogen) atoms. The summed E-state index contributed by atoms with van der Waals surface area (Å²) in [5, 5.41) is 2.94. The van der Waals surface area contributed by atoms with Crippen molar-refractivity contribution < 1.29 is 9.53 Å². The van der Waals surface area contributed by atoms with E-state index in [0.29, 0.717) is 16.9 Å². The van der Waals surface area contributed by atoms with E-state index in [1.54, 1.807) is 18.3 Å². The van der Waals surface area contributed by atoms with Crippen LogP contribution in [0.15, 0.2) is 66.9 Å². The van der Waals surface area contributed by atoms with Gasteiger partial charge in [-0.05, 0) is 48.5 Å². The van der Waals surface area contributed by atoms with Crippen LogP contribution < -0.4 is 16.0 Å². The van der Waals surface area contributed by atoms with E-state index in [0.717, 1.165) is 43.2 Å². The molecular weight excluding hydrogens is 352 g/mol. The lowest BCUT2D eigenvalue weighted by atomic mass is 10.1. The summed E-state index contributed by atoms with van der Waals surface area (Å²) in [7, 11) is 0. The number of hydrogen-bond acceptors (Lipinski definition) is 5. The minimum atomic E-state index is -0.174. The molecule has 2 heterocycles. The Morgan fingerprint density at radius 3 is 2.57 bits per heavy atom. The summed E-state index contributed by atoms with van der Waals surface area (Å²) in [4.78, 5) is 19.3. The Hall–Kier alpha value is -3.38. The van der Waals surface area contributed by atoms with E-state index >= 15 is 0 Å². The van der Waals surface area contributed by atoms with Gasteiger partial charge in [-0.25, -0.2) is 0 Å². The van der Waals surface area contributed by atoms with Crippen molar-refractivity contribution in [2.75, 3.05) is 42.3 Å². The summed E-state index contributed by atoms with van der Waals surface area (Å²) in [5.41, 5.74) is 10.5. The van der Waals surface area contributed by atoms with Crippen molar-refractivity contribution in [2.45, 2.75) is 0 Å². The third-order valence-electron chi connectivity index (χ3n) is 4.71. The average molecular weight is 374 g/mol. The van der Waals surface area contributed by atoms with Crippen LogP contribution in [0.2, 0.25) is 0 Å². The topological polar surface area (TPSA) is 80.5 Å². The van der Waals surface area contributed by atoms with Gasteiger partial charge in [0.15, 0.2) is 0 Å². The molecule has 1 fully saturated rings. The Bertz CT molecular complexity index is 966. The van der Waals surface area contributed by atoms with Crippen LogP contribution in [-0.4, -0.2) is 37.2 Å². The van der Waals surface area contributed by atoms with E-state index < -0.39 is 0 Å². The Kier molecular flexibility index (Phi) is 5.21. The lowest BCUT2D eigenvalue weighted by molar-refractivity contribution is 0.102. The number of carbonyl (C=O) groups is 1. The second-order valence-electron chi connectivity index (χ2n) is 6.66. The Labute approximate surface area is 164 Å². The molecule has 142 valence electrons. The standard InChI is InChI=1S/C22H22N4O2/c23-18-3-1-2-16(14-18)21-15-17(8-9-24-21)22(27)25-19-4-6-20(7-5-19)26-10-12-28-13-11-26/h1-9,14-15H,10-13,23H2,(H,25,27). The molecule has 1 aliphatic rings. The van der Waals surface area contributed by atoms with Crippen molar-refractivity contribution >= 4 is 23.0 Å². The molecule has 1 aliphatic heterocycles. The smallest absolute Gasteiger partial charge is 0.255 e. The number of pyridine rings is 1. The number of amides is 1. The number of nitrogen functional groups attached to an aromatic ring is 1. The van der Waals surface area contributed by atoms with Crippen LogP contribution in [0.4, 0.5) is 17.1 Å². The number of anilines is 3. The number of carbonyl (C=O) groups excluding carboxylic acids is 1. The summed E-state index contributed by atoms with van der Waals surface area (Å²) in [6, 6.07) is 18.8. The van der Waals surface area contributed by atoms with Crippen LogP contribution in [0.25, 0.3) is 11.3 Å². The Morgan fingerprint density at radius 2 is 1.82 bits per heavy atom. The molecule has 1 amide bonds. The molecule has 2 aromatic carbocycles. The number of ether oxygens (including phenoxy) is 1. The van der Waals surface area contributed by atoms with Crippen LogP contribution >= 0.6 is 0 Å². The zero-order valence-electron chi connectivity index (χ0n) is 15.5. The molecule has 1 saturated heterocycles. The molecule has 0 radical (unpaired) electrons. The number of nitrogens with zero attached hydrogens (tertiary/aromatic N) is 2. The first-order valence-electron chi connectivity index (χ1n) is 9.25. The molecule has 0 atom stereocenters. The third-order valence-corrected chi connectivity index (χ3v) is 4.71. The van der Waals surface area contributed by atoms with Crippen molar-refractivity contribution in [3.63, 3.8) is 0 Å². The molecule has 4 rings (SSSR count). The quantitative estimate of drug-likeness (QED) is 0.684. The number of aromatic nitrogens is 1. The van der Waals surface area contributed by atoms with Gasteiger partial charge in [-0.2, -0.15) is 0 Å². The lowest BCUT2D eigenvalue weighted by Crippen LogP contribution is -2.36. The maximum absolute atomic E-state index is 12.7. The Morgan fingerprint density at radius 1 is 1.04 bits per heavy atom. The summed E-state index contributed by atoms with van der Waals surface area (Å²) in [6.45, 7) is 3.26. The first kappa shape index (κ1) is 18.0. The van der Waals surface area contributed by atoms with E-state index in [-0.39, 0.29) is 5.91 Å². The van der Waals surface area contributed by atoms with Gasteiger partial charge in [-0.3, -0.25) is 9.78 Å². The normalized spacial score (nSPS) is 13.9. The molecule has 1 aromatic heterocycles. The second-order valence-corrected chi connectivity index (χ2v) is 6.66.